The fourth-order valence-electron chi connectivity index (χ4n) is 1.82. The Morgan fingerprint density at radius 3 is 2.76 bits per heavy atom. The van der Waals surface area contributed by atoms with Crippen LogP contribution in [0.3, 0.4) is 0 Å². The van der Waals surface area contributed by atoms with Crippen molar-refractivity contribution in [2.45, 2.75) is 0 Å². The molecule has 0 saturated heterocycles. The zero-order valence-corrected chi connectivity index (χ0v) is 11.7. The average Bonchev–Trinajstić information content (AvgIpc) is 3.02. The number of carbonyl (C=O) groups is 1. The monoisotopic (exact) mass is 297 g/mol. The number of anilines is 2. The van der Waals surface area contributed by atoms with Crippen LogP contribution in [0.2, 0.25) is 0 Å². The van der Waals surface area contributed by atoms with Gasteiger partial charge in [-0.1, -0.05) is 12.1 Å². The summed E-state index contributed by atoms with van der Waals surface area (Å²) in [5.41, 5.74) is 7.03. The van der Waals surface area contributed by atoms with Crippen LogP contribution in [0.5, 0.6) is 0 Å². The molecule has 0 aliphatic carbocycles. The smallest absolute Gasteiger partial charge is 0.250 e. The quantitative estimate of drug-likeness (QED) is 0.771. The predicted molar refractivity (Wildman–Crippen MR) is 81.4 cm³/mol. The number of para-hydroxylation sites is 1. The van der Waals surface area contributed by atoms with E-state index in [1.165, 1.54) is 11.3 Å². The maximum Gasteiger partial charge on any atom is 0.250 e. The van der Waals surface area contributed by atoms with Gasteiger partial charge < -0.3 is 11.1 Å². The van der Waals surface area contributed by atoms with Crippen LogP contribution < -0.4 is 11.1 Å². The molecule has 0 radical (unpaired) electrons. The molecule has 0 atom stereocenters. The number of nitrogens with one attached hydrogen (secondary N) is 1. The number of benzene rings is 1. The predicted octanol–water partition coefficient (Wildman–Crippen LogP) is 2.44. The summed E-state index contributed by atoms with van der Waals surface area (Å²) in [5.74, 6) is -0.120. The van der Waals surface area contributed by atoms with E-state index in [0.29, 0.717) is 17.2 Å². The van der Waals surface area contributed by atoms with Gasteiger partial charge in [0, 0.05) is 17.8 Å². The Balaban J connectivity index is 1.93. The molecule has 2 heterocycles. The fraction of sp³-hybridized carbons (Fsp3) is 0. The second-order valence-corrected chi connectivity index (χ2v) is 5.03. The molecule has 7 heteroatoms. The van der Waals surface area contributed by atoms with Crippen molar-refractivity contribution in [3.8, 4) is 10.7 Å². The van der Waals surface area contributed by atoms with E-state index < -0.39 is 5.91 Å². The minimum Gasteiger partial charge on any atom is -0.366 e. The number of carbonyl (C=O) groups excluding carboxylic acids is 1. The van der Waals surface area contributed by atoms with Gasteiger partial charge in [0.05, 0.1) is 11.3 Å². The van der Waals surface area contributed by atoms with Crippen LogP contribution in [0.4, 0.5) is 11.6 Å². The van der Waals surface area contributed by atoms with Gasteiger partial charge in [0.15, 0.2) is 0 Å². The lowest BCUT2D eigenvalue weighted by Crippen LogP contribution is -2.13. The molecule has 6 nitrogen and oxygen atoms in total. The van der Waals surface area contributed by atoms with E-state index in [4.69, 9.17) is 5.73 Å². The molecule has 0 bridgehead atoms. The molecule has 0 spiro atoms. The molecule has 1 aromatic carbocycles. The van der Waals surface area contributed by atoms with E-state index in [9.17, 15) is 4.79 Å². The second-order valence-electron chi connectivity index (χ2n) is 4.14. The van der Waals surface area contributed by atoms with Gasteiger partial charge in [-0.25, -0.2) is 15.0 Å². The highest BCUT2D eigenvalue weighted by Crippen LogP contribution is 2.22. The van der Waals surface area contributed by atoms with Crippen molar-refractivity contribution < 1.29 is 4.79 Å². The Bertz CT molecular complexity index is 773. The number of thiazole rings is 1. The van der Waals surface area contributed by atoms with Crippen molar-refractivity contribution in [2.24, 2.45) is 5.73 Å². The van der Waals surface area contributed by atoms with Crippen LogP contribution in [0.1, 0.15) is 10.4 Å². The largest absolute Gasteiger partial charge is 0.366 e. The fourth-order valence-corrected chi connectivity index (χ4v) is 2.42. The summed E-state index contributed by atoms with van der Waals surface area (Å²) >= 11 is 1.50. The highest BCUT2D eigenvalue weighted by atomic mass is 32.1. The maximum atomic E-state index is 11.4. The molecule has 2 aromatic heterocycles. The molecule has 0 saturated carbocycles. The van der Waals surface area contributed by atoms with Crippen LogP contribution in [0.15, 0.2) is 48.1 Å². The molecule has 3 aromatic rings. The number of aromatic nitrogens is 3. The molecule has 0 unspecified atom stereocenters. The lowest BCUT2D eigenvalue weighted by atomic mass is 10.1. The standard InChI is InChI=1S/C14H11N5OS/c15-12(20)9-3-1-2-4-10(9)18-14-17-6-5-11(19-14)13-16-7-8-21-13/h1-8H,(H2,15,20)(H,17,18,19). The molecule has 21 heavy (non-hydrogen) atoms. The number of hydrogen-bond acceptors (Lipinski definition) is 6. The Morgan fingerprint density at radius 1 is 1.14 bits per heavy atom. The molecule has 0 fully saturated rings. The third-order valence-electron chi connectivity index (χ3n) is 2.75. The summed E-state index contributed by atoms with van der Waals surface area (Å²) < 4.78 is 0. The average molecular weight is 297 g/mol. The van der Waals surface area contributed by atoms with Crippen molar-refractivity contribution in [3.63, 3.8) is 0 Å². The Hall–Kier alpha value is -2.80. The highest BCUT2D eigenvalue weighted by molar-refractivity contribution is 7.13. The number of nitrogens with two attached hydrogens (primary N) is 1. The van der Waals surface area contributed by atoms with Crippen LogP contribution in [0, 0.1) is 0 Å². The molecule has 3 N–H and O–H groups in total. The highest BCUT2D eigenvalue weighted by Gasteiger charge is 2.09. The summed E-state index contributed by atoms with van der Waals surface area (Å²) in [7, 11) is 0. The third-order valence-corrected chi connectivity index (χ3v) is 3.54. The lowest BCUT2D eigenvalue weighted by Gasteiger charge is -2.08. The van der Waals surface area contributed by atoms with Crippen molar-refractivity contribution in [1.82, 2.24) is 15.0 Å². The van der Waals surface area contributed by atoms with E-state index in [2.05, 4.69) is 20.3 Å². The van der Waals surface area contributed by atoms with Gasteiger partial charge in [-0.15, -0.1) is 11.3 Å². The first-order valence-corrected chi connectivity index (χ1v) is 7.01. The first-order valence-electron chi connectivity index (χ1n) is 6.13. The van der Waals surface area contributed by atoms with Crippen molar-refractivity contribution in [2.75, 3.05) is 5.32 Å². The van der Waals surface area contributed by atoms with Crippen LogP contribution in [-0.4, -0.2) is 20.9 Å². The van der Waals surface area contributed by atoms with Crippen LogP contribution >= 0.6 is 11.3 Å². The zero-order valence-electron chi connectivity index (χ0n) is 10.9. The minimum absolute atomic E-state index is 0.386. The molecule has 3 rings (SSSR count). The van der Waals surface area contributed by atoms with E-state index in [1.807, 2.05) is 5.38 Å². The van der Waals surface area contributed by atoms with Crippen molar-refractivity contribution >= 4 is 28.9 Å². The SMILES string of the molecule is NC(=O)c1ccccc1Nc1nccc(-c2nccs2)n1. The van der Waals surface area contributed by atoms with Gasteiger partial charge in [0.2, 0.25) is 5.95 Å². The van der Waals surface area contributed by atoms with Crippen molar-refractivity contribution in [1.29, 1.82) is 0 Å². The number of hydrogen-bond donors (Lipinski definition) is 2. The molecular formula is C14H11N5OS. The molecule has 0 aliphatic heterocycles. The molecule has 1 amide bonds. The van der Waals surface area contributed by atoms with E-state index in [1.54, 1.807) is 42.7 Å². The molecule has 0 aliphatic rings. The Morgan fingerprint density at radius 2 is 2.00 bits per heavy atom. The van der Waals surface area contributed by atoms with Crippen LogP contribution in [-0.2, 0) is 0 Å². The maximum absolute atomic E-state index is 11.4. The van der Waals surface area contributed by atoms with Gasteiger partial charge in [0.25, 0.3) is 5.91 Å². The third kappa shape index (κ3) is 2.87. The number of nitrogens with zero attached hydrogens (tertiary/aromatic N) is 3. The summed E-state index contributed by atoms with van der Waals surface area (Å²) in [4.78, 5) is 24.1. The first kappa shape index (κ1) is 13.2. The normalized spacial score (nSPS) is 10.3. The second kappa shape index (κ2) is 5.68. The van der Waals surface area contributed by atoms with Gasteiger partial charge in [-0.3, -0.25) is 4.79 Å². The number of amides is 1. The number of primary amides is 1. The van der Waals surface area contributed by atoms with Gasteiger partial charge in [0.1, 0.15) is 10.7 Å². The van der Waals surface area contributed by atoms with Crippen LogP contribution in [0.25, 0.3) is 10.7 Å². The summed E-state index contributed by atoms with van der Waals surface area (Å²) in [6.45, 7) is 0. The van der Waals surface area contributed by atoms with Gasteiger partial charge in [-0.05, 0) is 18.2 Å². The molecular weight excluding hydrogens is 286 g/mol. The summed E-state index contributed by atoms with van der Waals surface area (Å²) in [6.07, 6.45) is 3.36. The topological polar surface area (TPSA) is 93.8 Å². The molecule has 104 valence electrons. The van der Waals surface area contributed by atoms with E-state index >= 15 is 0 Å². The van der Waals surface area contributed by atoms with Gasteiger partial charge >= 0.3 is 0 Å². The zero-order chi connectivity index (χ0) is 14.7. The Kier molecular flexibility index (Phi) is 3.57. The first-order chi connectivity index (χ1) is 10.2. The van der Waals surface area contributed by atoms with Crippen molar-refractivity contribution in [3.05, 3.63) is 53.7 Å². The Labute approximate surface area is 124 Å². The summed E-state index contributed by atoms with van der Waals surface area (Å²) in [6, 6.07) is 8.73. The van der Waals surface area contributed by atoms with E-state index in [-0.39, 0.29) is 0 Å². The van der Waals surface area contributed by atoms with E-state index in [0.717, 1.165) is 10.7 Å². The summed E-state index contributed by atoms with van der Waals surface area (Å²) in [5, 5.41) is 5.70. The van der Waals surface area contributed by atoms with Gasteiger partial charge in [-0.2, -0.15) is 0 Å². The number of rotatable bonds is 4. The minimum atomic E-state index is -0.505. The lowest BCUT2D eigenvalue weighted by molar-refractivity contribution is 0.100.